The number of ether oxygens (including phenoxy) is 1. The van der Waals surface area contributed by atoms with Crippen molar-refractivity contribution in [2.24, 2.45) is 0 Å². The summed E-state index contributed by atoms with van der Waals surface area (Å²) in [6.45, 7) is -0.0965. The largest absolute Gasteiger partial charge is 0.485 e. The Bertz CT molecular complexity index is 614. The van der Waals surface area contributed by atoms with Crippen molar-refractivity contribution < 1.29 is 13.9 Å². The van der Waals surface area contributed by atoms with Crippen LogP contribution < -0.4 is 4.74 Å². The molecule has 0 unspecified atom stereocenters. The monoisotopic (exact) mass is 386 g/mol. The average molecular weight is 388 g/mol. The first-order valence-corrected chi connectivity index (χ1v) is 7.02. The molecular weight excluding hydrogens is 379 g/mol. The molecule has 2 aromatic rings. The van der Waals surface area contributed by atoms with Crippen LogP contribution in [0.1, 0.15) is 10.4 Å². The molecule has 0 aliphatic carbocycles. The van der Waals surface area contributed by atoms with E-state index in [2.05, 4.69) is 31.9 Å². The topological polar surface area (TPSA) is 26.3 Å². The second-order valence-corrected chi connectivity index (χ2v) is 5.48. The molecule has 2 aromatic carbocycles. The Hall–Kier alpha value is -1.20. The Kier molecular flexibility index (Phi) is 4.71. The second-order valence-electron chi connectivity index (χ2n) is 3.77. The maximum absolute atomic E-state index is 13.0. The van der Waals surface area contributed by atoms with Crippen LogP contribution in [0, 0.1) is 5.82 Å². The van der Waals surface area contributed by atoms with Crippen molar-refractivity contribution >= 4 is 37.6 Å². The minimum absolute atomic E-state index is 0.0965. The van der Waals surface area contributed by atoms with E-state index >= 15 is 0 Å². The van der Waals surface area contributed by atoms with Crippen LogP contribution in [0.25, 0.3) is 0 Å². The molecule has 0 amide bonds. The number of benzene rings is 2. The third-order valence-corrected chi connectivity index (χ3v) is 3.73. The predicted molar refractivity (Wildman–Crippen MR) is 78.1 cm³/mol. The van der Waals surface area contributed by atoms with Crippen LogP contribution in [0.15, 0.2) is 51.4 Å². The van der Waals surface area contributed by atoms with Gasteiger partial charge in [-0.25, -0.2) is 4.39 Å². The summed E-state index contributed by atoms with van der Waals surface area (Å²) in [5, 5.41) is 0. The van der Waals surface area contributed by atoms with Gasteiger partial charge >= 0.3 is 0 Å². The molecule has 0 spiro atoms. The number of hydrogen-bond donors (Lipinski definition) is 0. The molecule has 0 fully saturated rings. The lowest BCUT2D eigenvalue weighted by Crippen LogP contribution is -2.12. The van der Waals surface area contributed by atoms with E-state index in [4.69, 9.17) is 4.74 Å². The van der Waals surface area contributed by atoms with Gasteiger partial charge in [0, 0.05) is 10.0 Å². The van der Waals surface area contributed by atoms with Crippen LogP contribution in [0.4, 0.5) is 4.39 Å². The molecule has 5 heteroatoms. The van der Waals surface area contributed by atoms with Gasteiger partial charge in [0.2, 0.25) is 5.78 Å². The van der Waals surface area contributed by atoms with Gasteiger partial charge < -0.3 is 4.74 Å². The van der Waals surface area contributed by atoms with Crippen molar-refractivity contribution in [3.05, 3.63) is 62.8 Å². The van der Waals surface area contributed by atoms with Gasteiger partial charge in [-0.05, 0) is 40.2 Å². The minimum atomic E-state index is -0.371. The van der Waals surface area contributed by atoms with Gasteiger partial charge in [0.05, 0.1) is 4.47 Å². The maximum atomic E-state index is 13.0. The van der Waals surface area contributed by atoms with Crippen LogP contribution in [-0.2, 0) is 0 Å². The van der Waals surface area contributed by atoms with Crippen molar-refractivity contribution in [2.45, 2.75) is 0 Å². The minimum Gasteiger partial charge on any atom is -0.485 e. The Morgan fingerprint density at radius 1 is 1.11 bits per heavy atom. The Labute approximate surface area is 126 Å². The highest BCUT2D eigenvalue weighted by molar-refractivity contribution is 9.10. The maximum Gasteiger partial charge on any atom is 0.201 e. The molecule has 0 heterocycles. The van der Waals surface area contributed by atoms with Gasteiger partial charge in [-0.1, -0.05) is 34.1 Å². The molecule has 0 bridgehead atoms. The summed E-state index contributed by atoms with van der Waals surface area (Å²) in [6.07, 6.45) is 0. The van der Waals surface area contributed by atoms with E-state index < -0.39 is 0 Å². The lowest BCUT2D eigenvalue weighted by molar-refractivity contribution is 0.0920. The van der Waals surface area contributed by atoms with E-state index in [0.29, 0.717) is 15.8 Å². The van der Waals surface area contributed by atoms with Gasteiger partial charge in [-0.15, -0.1) is 0 Å². The number of Topliss-reactive ketones (excluding diaryl/α,β-unsaturated/α-hetero) is 1. The fourth-order valence-corrected chi connectivity index (χ4v) is 2.34. The lowest BCUT2D eigenvalue weighted by atomic mass is 10.1. The van der Waals surface area contributed by atoms with Crippen LogP contribution in [0.3, 0.4) is 0 Å². The van der Waals surface area contributed by atoms with Gasteiger partial charge in [0.1, 0.15) is 11.6 Å². The number of carbonyl (C=O) groups is 1. The van der Waals surface area contributed by atoms with Crippen molar-refractivity contribution in [1.29, 1.82) is 0 Å². The molecule has 0 saturated carbocycles. The van der Waals surface area contributed by atoms with Gasteiger partial charge in [0.25, 0.3) is 0 Å². The number of rotatable bonds is 4. The summed E-state index contributed by atoms with van der Waals surface area (Å²) < 4.78 is 19.4. The van der Waals surface area contributed by atoms with Crippen LogP contribution in [-0.4, -0.2) is 12.4 Å². The van der Waals surface area contributed by atoms with Gasteiger partial charge in [0.15, 0.2) is 6.61 Å². The predicted octanol–water partition coefficient (Wildman–Crippen LogP) is 4.61. The molecule has 0 radical (unpaired) electrons. The number of ketones is 1. The summed E-state index contributed by atoms with van der Waals surface area (Å²) in [6, 6.07) is 11.4. The van der Waals surface area contributed by atoms with Crippen molar-refractivity contribution in [3.63, 3.8) is 0 Å². The zero-order chi connectivity index (χ0) is 13.8. The lowest BCUT2D eigenvalue weighted by Gasteiger charge is -2.07. The van der Waals surface area contributed by atoms with Crippen LogP contribution in [0.2, 0.25) is 0 Å². The summed E-state index contributed by atoms with van der Waals surface area (Å²) in [7, 11) is 0. The first-order valence-electron chi connectivity index (χ1n) is 5.43. The first kappa shape index (κ1) is 14.2. The summed E-state index contributed by atoms with van der Waals surface area (Å²) in [5.41, 5.74) is 0.559. The van der Waals surface area contributed by atoms with Crippen LogP contribution >= 0.6 is 31.9 Å². The number of carbonyl (C=O) groups excluding carboxylic acids is 1. The second kappa shape index (κ2) is 6.30. The Morgan fingerprint density at radius 3 is 2.53 bits per heavy atom. The highest BCUT2D eigenvalue weighted by Gasteiger charge is 2.10. The highest BCUT2D eigenvalue weighted by Crippen LogP contribution is 2.22. The van der Waals surface area contributed by atoms with E-state index in [0.717, 1.165) is 4.47 Å². The zero-order valence-corrected chi connectivity index (χ0v) is 12.9. The van der Waals surface area contributed by atoms with Crippen molar-refractivity contribution in [2.75, 3.05) is 6.61 Å². The third-order valence-electron chi connectivity index (χ3n) is 2.44. The summed E-state index contributed by atoms with van der Waals surface area (Å²) >= 11 is 6.37. The zero-order valence-electron chi connectivity index (χ0n) is 9.70. The molecule has 0 atom stereocenters. The molecule has 0 aliphatic heterocycles. The van der Waals surface area contributed by atoms with E-state index in [1.165, 1.54) is 18.2 Å². The molecule has 2 rings (SSSR count). The smallest absolute Gasteiger partial charge is 0.201 e. The van der Waals surface area contributed by atoms with E-state index in [9.17, 15) is 9.18 Å². The summed E-state index contributed by atoms with van der Waals surface area (Å²) in [5.74, 6) is -0.0777. The Balaban J connectivity index is 2.04. The molecule has 98 valence electrons. The van der Waals surface area contributed by atoms with E-state index in [-0.39, 0.29) is 18.2 Å². The first-order chi connectivity index (χ1) is 9.08. The fourth-order valence-electron chi connectivity index (χ4n) is 1.48. The molecular formula is C14H9Br2FO2. The molecule has 0 N–H and O–H groups in total. The van der Waals surface area contributed by atoms with Gasteiger partial charge in [-0.2, -0.15) is 0 Å². The molecule has 0 aliphatic rings. The third kappa shape index (κ3) is 3.64. The Morgan fingerprint density at radius 2 is 1.84 bits per heavy atom. The standard InChI is InChI=1S/C14H9Br2FO2/c15-11-4-2-1-3-10(11)14(18)8-19-9-5-6-13(17)12(16)7-9/h1-7H,8H2. The van der Waals surface area contributed by atoms with E-state index in [1.807, 2.05) is 6.07 Å². The summed E-state index contributed by atoms with van der Waals surface area (Å²) in [4.78, 5) is 11.9. The number of halogens is 3. The SMILES string of the molecule is O=C(COc1ccc(F)c(Br)c1)c1ccccc1Br. The average Bonchev–Trinajstić information content (AvgIpc) is 2.40. The fraction of sp³-hybridized carbons (Fsp3) is 0.0714. The van der Waals surface area contributed by atoms with Gasteiger partial charge in [-0.3, -0.25) is 4.79 Å². The molecule has 19 heavy (non-hydrogen) atoms. The highest BCUT2D eigenvalue weighted by atomic mass is 79.9. The van der Waals surface area contributed by atoms with Crippen LogP contribution in [0.5, 0.6) is 5.75 Å². The van der Waals surface area contributed by atoms with E-state index in [1.54, 1.807) is 18.2 Å². The molecule has 2 nitrogen and oxygen atoms in total. The molecule has 0 aromatic heterocycles. The molecule has 0 saturated heterocycles. The normalized spacial score (nSPS) is 10.3. The quantitative estimate of drug-likeness (QED) is 0.716. The van der Waals surface area contributed by atoms with Crippen molar-refractivity contribution in [1.82, 2.24) is 0 Å². The number of hydrogen-bond acceptors (Lipinski definition) is 2. The van der Waals surface area contributed by atoms with Crippen molar-refractivity contribution in [3.8, 4) is 5.75 Å².